The maximum Gasteiger partial charge on any atom is 0.136 e. The first kappa shape index (κ1) is 29.2. The van der Waals surface area contributed by atoms with Gasteiger partial charge in [0.25, 0.3) is 0 Å². The molecule has 0 N–H and O–H groups in total. The first-order valence-corrected chi connectivity index (χ1v) is 17.5. The van der Waals surface area contributed by atoms with Gasteiger partial charge < -0.3 is 4.42 Å². The monoisotopic (exact) mass is 648 g/mol. The van der Waals surface area contributed by atoms with Crippen LogP contribution in [0.5, 0.6) is 0 Å². The van der Waals surface area contributed by atoms with Gasteiger partial charge in [-0.15, -0.1) is 0 Å². The van der Waals surface area contributed by atoms with Crippen LogP contribution in [0.4, 0.5) is 0 Å². The second kappa shape index (κ2) is 12.0. The van der Waals surface area contributed by atoms with E-state index in [2.05, 4.69) is 194 Å². The Morgan fingerprint density at radius 3 is 1.24 bits per heavy atom. The minimum atomic E-state index is 0.900. The third-order valence-corrected chi connectivity index (χ3v) is 10.3. The van der Waals surface area contributed by atoms with Crippen molar-refractivity contribution in [3.8, 4) is 55.6 Å². The van der Waals surface area contributed by atoms with Crippen LogP contribution < -0.4 is 0 Å². The molecule has 1 aromatic heterocycles. The highest BCUT2D eigenvalue weighted by Gasteiger charge is 2.20. The molecule has 1 heterocycles. The van der Waals surface area contributed by atoms with Crippen molar-refractivity contribution in [1.29, 1.82) is 0 Å². The highest BCUT2D eigenvalue weighted by Crippen LogP contribution is 2.47. The highest BCUT2D eigenvalue weighted by atomic mass is 16.3. The minimum absolute atomic E-state index is 0.900. The van der Waals surface area contributed by atoms with Crippen molar-refractivity contribution in [2.24, 2.45) is 0 Å². The van der Waals surface area contributed by atoms with Gasteiger partial charge in [-0.25, -0.2) is 0 Å². The Morgan fingerprint density at radius 2 is 0.686 bits per heavy atom. The Bertz CT molecular complexity index is 2800. The molecule has 0 bridgehead atoms. The molecule has 0 aliphatic heterocycles. The fraction of sp³-hybridized carbons (Fsp3) is 0. The van der Waals surface area contributed by atoms with Crippen molar-refractivity contribution >= 4 is 43.5 Å². The third-order valence-electron chi connectivity index (χ3n) is 10.3. The molecule has 0 spiro atoms. The molecule has 1 nitrogen and oxygen atoms in total. The number of rotatable bonds is 5. The smallest absolute Gasteiger partial charge is 0.136 e. The van der Waals surface area contributed by atoms with E-state index < -0.39 is 0 Å². The normalized spacial score (nSPS) is 11.5. The number of hydrogen-bond donors (Lipinski definition) is 0. The van der Waals surface area contributed by atoms with Crippen LogP contribution >= 0.6 is 0 Å². The van der Waals surface area contributed by atoms with Gasteiger partial charge in [-0.05, 0) is 95.4 Å². The lowest BCUT2D eigenvalue weighted by Gasteiger charge is -2.18. The van der Waals surface area contributed by atoms with E-state index in [0.717, 1.165) is 27.5 Å². The van der Waals surface area contributed by atoms with Crippen LogP contribution in [0.15, 0.2) is 199 Å². The molecule has 0 amide bonds. The van der Waals surface area contributed by atoms with Gasteiger partial charge in [0.2, 0.25) is 0 Å². The van der Waals surface area contributed by atoms with Gasteiger partial charge >= 0.3 is 0 Å². The Labute approximate surface area is 296 Å². The lowest BCUT2D eigenvalue weighted by Crippen LogP contribution is -1.91. The van der Waals surface area contributed by atoms with Gasteiger partial charge in [-0.3, -0.25) is 0 Å². The van der Waals surface area contributed by atoms with Gasteiger partial charge in [-0.2, -0.15) is 0 Å². The molecule has 0 atom stereocenters. The second-order valence-corrected chi connectivity index (χ2v) is 13.2. The average molecular weight is 649 g/mol. The molecule has 0 saturated heterocycles. The van der Waals surface area contributed by atoms with Crippen molar-refractivity contribution in [3.63, 3.8) is 0 Å². The van der Waals surface area contributed by atoms with E-state index in [1.165, 1.54) is 71.6 Å². The lowest BCUT2D eigenvalue weighted by atomic mass is 9.84. The maximum absolute atomic E-state index is 6.57. The van der Waals surface area contributed by atoms with Crippen molar-refractivity contribution in [2.75, 3.05) is 0 Å². The molecule has 238 valence electrons. The molecular weight excluding hydrogens is 617 g/mol. The van der Waals surface area contributed by atoms with Crippen LogP contribution in [0, 0.1) is 0 Å². The van der Waals surface area contributed by atoms with Crippen molar-refractivity contribution in [2.45, 2.75) is 0 Å². The molecular formula is C50H32O. The van der Waals surface area contributed by atoms with Crippen LogP contribution in [-0.4, -0.2) is 0 Å². The molecule has 0 radical (unpaired) electrons. The molecule has 0 unspecified atom stereocenters. The van der Waals surface area contributed by atoms with Gasteiger partial charge in [0, 0.05) is 10.8 Å². The predicted octanol–water partition coefficient (Wildman–Crippen LogP) is 14.2. The molecule has 51 heavy (non-hydrogen) atoms. The van der Waals surface area contributed by atoms with Crippen molar-refractivity contribution in [1.82, 2.24) is 0 Å². The second-order valence-electron chi connectivity index (χ2n) is 13.2. The van der Waals surface area contributed by atoms with Crippen molar-refractivity contribution < 1.29 is 4.42 Å². The zero-order valence-electron chi connectivity index (χ0n) is 27.9. The fourth-order valence-corrected chi connectivity index (χ4v) is 7.89. The molecule has 10 aromatic rings. The van der Waals surface area contributed by atoms with Gasteiger partial charge in [0.15, 0.2) is 0 Å². The highest BCUT2D eigenvalue weighted by molar-refractivity contribution is 6.25. The van der Waals surface area contributed by atoms with E-state index in [-0.39, 0.29) is 0 Å². The number of benzene rings is 9. The van der Waals surface area contributed by atoms with E-state index in [4.69, 9.17) is 4.42 Å². The lowest BCUT2D eigenvalue weighted by molar-refractivity contribution is 0.669. The standard InChI is InChI=1S/C50H32O/c1-3-12-33(13-4-1)35-22-24-36(25-23-35)37-26-28-38(29-27-37)48-40-16-7-9-18-42(40)49(43-19-10-8-17-41(43)48)45-20-11-21-46-50(45)44-31-30-39(32-47(44)51-46)34-14-5-2-6-15-34/h1-32H. The van der Waals surface area contributed by atoms with Crippen molar-refractivity contribution in [3.05, 3.63) is 194 Å². The summed E-state index contributed by atoms with van der Waals surface area (Å²) in [6.07, 6.45) is 0. The number of furan rings is 1. The molecule has 0 saturated carbocycles. The van der Waals surface area contributed by atoms with Crippen LogP contribution in [-0.2, 0) is 0 Å². The summed E-state index contributed by atoms with van der Waals surface area (Å²) < 4.78 is 6.57. The topological polar surface area (TPSA) is 13.1 Å². The Hall–Kier alpha value is -6.70. The van der Waals surface area contributed by atoms with E-state index in [1.54, 1.807) is 0 Å². The summed E-state index contributed by atoms with van der Waals surface area (Å²) in [5, 5.41) is 7.22. The Balaban J connectivity index is 1.13. The number of fused-ring (bicyclic) bond motifs is 5. The SMILES string of the molecule is c1ccc(-c2ccc(-c3ccc(-c4c5ccccc5c(-c5cccc6oc7cc(-c8ccccc8)ccc7c56)c5ccccc45)cc3)cc2)cc1. The van der Waals surface area contributed by atoms with E-state index >= 15 is 0 Å². The first-order valence-electron chi connectivity index (χ1n) is 17.5. The predicted molar refractivity (Wildman–Crippen MR) is 216 cm³/mol. The fourth-order valence-electron chi connectivity index (χ4n) is 7.89. The quantitative estimate of drug-likeness (QED) is 0.169. The van der Waals surface area contributed by atoms with Gasteiger partial charge in [-0.1, -0.05) is 176 Å². The van der Waals surface area contributed by atoms with Crippen LogP contribution in [0.2, 0.25) is 0 Å². The van der Waals surface area contributed by atoms with E-state index in [1.807, 2.05) is 0 Å². The first-order chi connectivity index (χ1) is 25.3. The summed E-state index contributed by atoms with van der Waals surface area (Å²) in [5.41, 5.74) is 13.9. The molecule has 0 aliphatic carbocycles. The van der Waals surface area contributed by atoms with Crippen LogP contribution in [0.25, 0.3) is 99.1 Å². The Kier molecular flexibility index (Phi) is 6.89. The van der Waals surface area contributed by atoms with E-state index in [0.29, 0.717) is 0 Å². The molecule has 1 heteroatoms. The van der Waals surface area contributed by atoms with Gasteiger partial charge in [0.1, 0.15) is 11.2 Å². The zero-order chi connectivity index (χ0) is 33.7. The summed E-state index contributed by atoms with van der Waals surface area (Å²) in [5.74, 6) is 0. The van der Waals surface area contributed by atoms with Gasteiger partial charge in [0.05, 0.1) is 0 Å². The van der Waals surface area contributed by atoms with Crippen LogP contribution in [0.1, 0.15) is 0 Å². The largest absolute Gasteiger partial charge is 0.456 e. The Morgan fingerprint density at radius 1 is 0.255 bits per heavy atom. The minimum Gasteiger partial charge on any atom is -0.456 e. The summed E-state index contributed by atoms with van der Waals surface area (Å²) in [7, 11) is 0. The van der Waals surface area contributed by atoms with Crippen LogP contribution in [0.3, 0.4) is 0 Å². The molecule has 10 rings (SSSR count). The van der Waals surface area contributed by atoms with E-state index in [9.17, 15) is 0 Å². The zero-order valence-corrected chi connectivity index (χ0v) is 27.9. The average Bonchev–Trinajstić information content (AvgIpc) is 3.59. The maximum atomic E-state index is 6.57. The molecule has 0 aliphatic rings. The number of hydrogen-bond acceptors (Lipinski definition) is 1. The summed E-state index contributed by atoms with van der Waals surface area (Å²) in [6, 6.07) is 69.8. The molecule has 9 aromatic carbocycles. The summed E-state index contributed by atoms with van der Waals surface area (Å²) >= 11 is 0. The summed E-state index contributed by atoms with van der Waals surface area (Å²) in [6.45, 7) is 0. The summed E-state index contributed by atoms with van der Waals surface area (Å²) in [4.78, 5) is 0. The third kappa shape index (κ3) is 4.94. The molecule has 0 fully saturated rings.